The zero-order valence-corrected chi connectivity index (χ0v) is 13.6. The Morgan fingerprint density at radius 1 is 1.52 bits per heavy atom. The van der Waals surface area contributed by atoms with Gasteiger partial charge in [0.15, 0.2) is 0 Å². The Hall–Kier alpha value is -1.79. The molecule has 1 aliphatic rings. The van der Waals surface area contributed by atoms with Crippen LogP contribution >= 0.6 is 11.6 Å². The van der Waals surface area contributed by atoms with Gasteiger partial charge in [0.2, 0.25) is 0 Å². The number of rotatable bonds is 4. The molecule has 6 nitrogen and oxygen atoms in total. The maximum atomic E-state index is 12.2. The Morgan fingerprint density at radius 3 is 3.22 bits per heavy atom. The van der Waals surface area contributed by atoms with Crippen LogP contribution in [0.2, 0.25) is 5.02 Å². The summed E-state index contributed by atoms with van der Waals surface area (Å²) in [5, 5.41) is 12.8. The van der Waals surface area contributed by atoms with Crippen molar-refractivity contribution in [2.75, 3.05) is 26.2 Å². The second kappa shape index (κ2) is 7.19. The Morgan fingerprint density at radius 2 is 2.39 bits per heavy atom. The normalized spacial score (nSPS) is 18.3. The summed E-state index contributed by atoms with van der Waals surface area (Å²) in [6, 6.07) is 5.46. The standard InChI is InChI=1S/C16H21ClN4O2/c17-12-3-4-13-14(8-12)20-15(19-13)5-6-18-16(23)21-7-1-2-11(9-21)10-22/h3-4,8,11,22H,1-2,5-7,9-10H2,(H,18,23)(H,19,20). The summed E-state index contributed by atoms with van der Waals surface area (Å²) in [6.07, 6.45) is 2.57. The Balaban J connectivity index is 1.51. The minimum absolute atomic E-state index is 0.0673. The number of benzene rings is 1. The van der Waals surface area contributed by atoms with E-state index in [0.29, 0.717) is 24.5 Å². The van der Waals surface area contributed by atoms with Crippen molar-refractivity contribution in [2.24, 2.45) is 5.92 Å². The van der Waals surface area contributed by atoms with Crippen LogP contribution in [-0.4, -0.2) is 52.2 Å². The van der Waals surface area contributed by atoms with Crippen molar-refractivity contribution >= 4 is 28.7 Å². The van der Waals surface area contributed by atoms with E-state index in [1.807, 2.05) is 18.2 Å². The monoisotopic (exact) mass is 336 g/mol. The van der Waals surface area contributed by atoms with Crippen LogP contribution in [0.1, 0.15) is 18.7 Å². The summed E-state index contributed by atoms with van der Waals surface area (Å²) in [6.45, 7) is 2.05. The van der Waals surface area contributed by atoms with Gasteiger partial charge in [-0.1, -0.05) is 11.6 Å². The number of piperidine rings is 1. The second-order valence-electron chi connectivity index (χ2n) is 5.96. The number of fused-ring (bicyclic) bond motifs is 1. The predicted molar refractivity (Wildman–Crippen MR) is 89.6 cm³/mol. The number of amides is 2. The van der Waals surface area contributed by atoms with Gasteiger partial charge in [-0.05, 0) is 37.0 Å². The third-order valence-electron chi connectivity index (χ3n) is 4.20. The van der Waals surface area contributed by atoms with Crippen molar-refractivity contribution in [3.8, 4) is 0 Å². The first-order chi connectivity index (χ1) is 11.2. The van der Waals surface area contributed by atoms with Crippen molar-refractivity contribution in [2.45, 2.75) is 19.3 Å². The molecule has 124 valence electrons. The molecule has 1 fully saturated rings. The maximum Gasteiger partial charge on any atom is 0.317 e. The number of hydrogen-bond acceptors (Lipinski definition) is 3. The minimum Gasteiger partial charge on any atom is -0.396 e. The highest BCUT2D eigenvalue weighted by Gasteiger charge is 2.22. The van der Waals surface area contributed by atoms with E-state index >= 15 is 0 Å². The van der Waals surface area contributed by atoms with Crippen molar-refractivity contribution in [1.29, 1.82) is 0 Å². The smallest absolute Gasteiger partial charge is 0.317 e. The van der Waals surface area contributed by atoms with Gasteiger partial charge in [-0.2, -0.15) is 0 Å². The number of urea groups is 1. The van der Waals surface area contributed by atoms with Gasteiger partial charge in [-0.25, -0.2) is 9.78 Å². The largest absolute Gasteiger partial charge is 0.396 e. The first kappa shape index (κ1) is 16.1. The van der Waals surface area contributed by atoms with Crippen LogP contribution < -0.4 is 5.32 Å². The highest BCUT2D eigenvalue weighted by Crippen LogP contribution is 2.17. The lowest BCUT2D eigenvalue weighted by Gasteiger charge is -2.31. The van der Waals surface area contributed by atoms with E-state index in [0.717, 1.165) is 36.2 Å². The molecule has 2 heterocycles. The molecule has 0 saturated carbocycles. The number of nitrogens with one attached hydrogen (secondary N) is 2. The van der Waals surface area contributed by atoms with Gasteiger partial charge < -0.3 is 20.3 Å². The Kier molecular flexibility index (Phi) is 5.03. The van der Waals surface area contributed by atoms with Crippen LogP contribution in [0.15, 0.2) is 18.2 Å². The van der Waals surface area contributed by atoms with Crippen LogP contribution in [0.5, 0.6) is 0 Å². The van der Waals surface area contributed by atoms with E-state index in [1.165, 1.54) is 0 Å². The van der Waals surface area contributed by atoms with Crippen LogP contribution in [0.4, 0.5) is 4.79 Å². The molecule has 1 aliphatic heterocycles. The van der Waals surface area contributed by atoms with Gasteiger partial charge in [0.25, 0.3) is 0 Å². The SMILES string of the molecule is O=C(NCCc1nc2ccc(Cl)cc2[nH]1)N1CCCC(CO)C1. The Labute approximate surface area is 139 Å². The molecule has 0 radical (unpaired) electrons. The number of aliphatic hydroxyl groups is 1. The highest BCUT2D eigenvalue weighted by atomic mass is 35.5. The molecule has 1 aromatic heterocycles. The van der Waals surface area contributed by atoms with Crippen molar-refractivity contribution in [3.05, 3.63) is 29.0 Å². The lowest BCUT2D eigenvalue weighted by atomic mass is 9.99. The van der Waals surface area contributed by atoms with E-state index in [2.05, 4.69) is 15.3 Å². The van der Waals surface area contributed by atoms with Crippen LogP contribution in [0, 0.1) is 5.92 Å². The molecule has 0 aliphatic carbocycles. The van der Waals surface area contributed by atoms with E-state index < -0.39 is 0 Å². The fourth-order valence-electron chi connectivity index (χ4n) is 2.95. The highest BCUT2D eigenvalue weighted by molar-refractivity contribution is 6.31. The second-order valence-corrected chi connectivity index (χ2v) is 6.40. The molecule has 0 spiro atoms. The van der Waals surface area contributed by atoms with E-state index in [1.54, 1.807) is 4.90 Å². The molecular formula is C16H21ClN4O2. The number of hydrogen-bond donors (Lipinski definition) is 3. The summed E-state index contributed by atoms with van der Waals surface area (Å²) >= 11 is 5.96. The van der Waals surface area contributed by atoms with E-state index in [9.17, 15) is 9.90 Å². The maximum absolute atomic E-state index is 12.2. The molecule has 0 bridgehead atoms. The fraction of sp³-hybridized carbons (Fsp3) is 0.500. The number of halogens is 1. The molecule has 23 heavy (non-hydrogen) atoms. The lowest BCUT2D eigenvalue weighted by molar-refractivity contribution is 0.129. The van der Waals surface area contributed by atoms with Crippen molar-refractivity contribution < 1.29 is 9.90 Å². The zero-order chi connectivity index (χ0) is 16.2. The summed E-state index contributed by atoms with van der Waals surface area (Å²) in [4.78, 5) is 21.6. The van der Waals surface area contributed by atoms with Crippen LogP contribution in [0.25, 0.3) is 11.0 Å². The third-order valence-corrected chi connectivity index (χ3v) is 4.43. The molecule has 1 saturated heterocycles. The van der Waals surface area contributed by atoms with Gasteiger partial charge in [-0.15, -0.1) is 0 Å². The predicted octanol–water partition coefficient (Wildman–Crippen LogP) is 2.17. The van der Waals surface area contributed by atoms with Crippen molar-refractivity contribution in [3.63, 3.8) is 0 Å². The quantitative estimate of drug-likeness (QED) is 0.800. The number of nitrogens with zero attached hydrogens (tertiary/aromatic N) is 2. The molecule has 3 rings (SSSR count). The molecule has 7 heteroatoms. The zero-order valence-electron chi connectivity index (χ0n) is 12.9. The number of likely N-dealkylation sites (tertiary alicyclic amines) is 1. The molecular weight excluding hydrogens is 316 g/mol. The van der Waals surface area contributed by atoms with Crippen LogP contribution in [0.3, 0.4) is 0 Å². The molecule has 2 amide bonds. The summed E-state index contributed by atoms with van der Waals surface area (Å²) in [5.41, 5.74) is 1.78. The third kappa shape index (κ3) is 3.95. The summed E-state index contributed by atoms with van der Waals surface area (Å²) in [7, 11) is 0. The lowest BCUT2D eigenvalue weighted by Crippen LogP contribution is -2.46. The van der Waals surface area contributed by atoms with Gasteiger partial charge in [0.05, 0.1) is 11.0 Å². The minimum atomic E-state index is -0.0673. The average molecular weight is 337 g/mol. The number of aliphatic hydroxyl groups excluding tert-OH is 1. The van der Waals surface area contributed by atoms with E-state index in [-0.39, 0.29) is 18.6 Å². The number of H-pyrrole nitrogens is 1. The topological polar surface area (TPSA) is 81.2 Å². The van der Waals surface area contributed by atoms with Gasteiger partial charge in [0, 0.05) is 37.7 Å². The number of aromatic nitrogens is 2. The summed E-state index contributed by atoms with van der Waals surface area (Å²) in [5.74, 6) is 1.03. The molecule has 1 aromatic carbocycles. The van der Waals surface area contributed by atoms with Gasteiger partial charge >= 0.3 is 6.03 Å². The number of imidazole rings is 1. The Bertz CT molecular complexity index is 688. The van der Waals surface area contributed by atoms with Crippen LogP contribution in [-0.2, 0) is 6.42 Å². The van der Waals surface area contributed by atoms with Gasteiger partial charge in [0.1, 0.15) is 5.82 Å². The summed E-state index contributed by atoms with van der Waals surface area (Å²) < 4.78 is 0. The van der Waals surface area contributed by atoms with Gasteiger partial charge in [-0.3, -0.25) is 0 Å². The molecule has 3 N–H and O–H groups in total. The van der Waals surface area contributed by atoms with E-state index in [4.69, 9.17) is 11.6 Å². The molecule has 1 atom stereocenters. The fourth-order valence-corrected chi connectivity index (χ4v) is 3.12. The average Bonchev–Trinajstić information content (AvgIpc) is 2.96. The molecule has 1 unspecified atom stereocenters. The number of carbonyl (C=O) groups is 1. The number of aromatic amines is 1. The first-order valence-corrected chi connectivity index (χ1v) is 8.31. The molecule has 2 aromatic rings. The van der Waals surface area contributed by atoms with Crippen molar-refractivity contribution in [1.82, 2.24) is 20.2 Å². The number of carbonyl (C=O) groups excluding carboxylic acids is 1. The first-order valence-electron chi connectivity index (χ1n) is 7.93.